The number of nitrogens with zero attached hydrogens (tertiary/aromatic N) is 2. The van der Waals surface area contributed by atoms with E-state index >= 15 is 0 Å². The van der Waals surface area contributed by atoms with E-state index < -0.39 is 12.6 Å². The van der Waals surface area contributed by atoms with Crippen LogP contribution in [-0.2, 0) is 11.4 Å². The zero-order valence-electron chi connectivity index (χ0n) is 18.9. The van der Waals surface area contributed by atoms with Gasteiger partial charge in [-0.25, -0.2) is 0 Å². The van der Waals surface area contributed by atoms with Gasteiger partial charge in [-0.2, -0.15) is 13.8 Å². The van der Waals surface area contributed by atoms with E-state index in [4.69, 9.17) is 14.3 Å². The van der Waals surface area contributed by atoms with E-state index in [2.05, 4.69) is 19.9 Å². The molecule has 0 aliphatic carbocycles. The van der Waals surface area contributed by atoms with Gasteiger partial charge in [-0.05, 0) is 42.0 Å². The summed E-state index contributed by atoms with van der Waals surface area (Å²) in [5.41, 5.74) is 1.44. The number of nitrogens with one attached hydrogen (secondary N) is 1. The van der Waals surface area contributed by atoms with E-state index in [-0.39, 0.29) is 18.1 Å². The van der Waals surface area contributed by atoms with Crippen molar-refractivity contribution in [2.24, 2.45) is 0 Å². The molecule has 0 fully saturated rings. The number of hydrogen-bond acceptors (Lipinski definition) is 7. The SMILES string of the molecule is CC.O=C(O)CSc1n[nH]c(-c2ccc(-c3cccc(OCc4cccc(OC(F)F)c4)c3)o2)n1. The first-order valence-electron chi connectivity index (χ1n) is 10.6. The molecule has 0 saturated heterocycles. The fourth-order valence-electron chi connectivity index (χ4n) is 2.89. The molecule has 2 N–H and O–H groups in total. The normalized spacial score (nSPS) is 10.5. The summed E-state index contributed by atoms with van der Waals surface area (Å²) >= 11 is 1.00. The smallest absolute Gasteiger partial charge is 0.387 e. The van der Waals surface area contributed by atoms with Crippen LogP contribution in [0.3, 0.4) is 0 Å². The van der Waals surface area contributed by atoms with Crippen LogP contribution in [0.1, 0.15) is 19.4 Å². The van der Waals surface area contributed by atoms with E-state index in [9.17, 15) is 13.6 Å². The van der Waals surface area contributed by atoms with Crippen molar-refractivity contribution in [3.8, 4) is 34.4 Å². The molecular formula is C24H23F2N3O5S. The molecule has 0 aliphatic rings. The fraction of sp³-hybridized carbons (Fsp3) is 0.208. The lowest BCUT2D eigenvalue weighted by atomic mass is 10.1. The lowest BCUT2D eigenvalue weighted by Crippen LogP contribution is -2.03. The maximum atomic E-state index is 12.4. The molecule has 0 radical (unpaired) electrons. The van der Waals surface area contributed by atoms with Crippen molar-refractivity contribution in [1.82, 2.24) is 15.2 Å². The highest BCUT2D eigenvalue weighted by Crippen LogP contribution is 2.30. The van der Waals surface area contributed by atoms with E-state index in [1.807, 2.05) is 19.9 Å². The number of aromatic amines is 1. The molecule has 0 aliphatic heterocycles. The Labute approximate surface area is 204 Å². The number of alkyl halides is 2. The molecule has 35 heavy (non-hydrogen) atoms. The number of carboxylic acid groups (broad SMARTS) is 1. The molecule has 4 rings (SSSR count). The number of hydrogen-bond donors (Lipinski definition) is 2. The summed E-state index contributed by atoms with van der Waals surface area (Å²) in [6.45, 7) is 1.28. The Morgan fingerprint density at radius 1 is 1.09 bits per heavy atom. The Morgan fingerprint density at radius 2 is 1.83 bits per heavy atom. The predicted molar refractivity (Wildman–Crippen MR) is 127 cm³/mol. The molecule has 2 heterocycles. The number of benzene rings is 2. The van der Waals surface area contributed by atoms with E-state index in [1.165, 1.54) is 12.1 Å². The van der Waals surface area contributed by atoms with Crippen molar-refractivity contribution in [1.29, 1.82) is 0 Å². The van der Waals surface area contributed by atoms with Crippen LogP contribution >= 0.6 is 11.8 Å². The minimum absolute atomic E-state index is 0.0694. The first-order valence-corrected chi connectivity index (χ1v) is 11.6. The van der Waals surface area contributed by atoms with Gasteiger partial charge >= 0.3 is 12.6 Å². The van der Waals surface area contributed by atoms with Crippen molar-refractivity contribution >= 4 is 17.7 Å². The highest BCUT2D eigenvalue weighted by molar-refractivity contribution is 7.99. The summed E-state index contributed by atoms with van der Waals surface area (Å²) in [5, 5.41) is 15.8. The highest BCUT2D eigenvalue weighted by atomic mass is 32.2. The third kappa shape index (κ3) is 7.57. The average Bonchev–Trinajstić information content (AvgIpc) is 3.53. The second-order valence-corrected chi connectivity index (χ2v) is 7.60. The van der Waals surface area contributed by atoms with Crippen LogP contribution < -0.4 is 9.47 Å². The van der Waals surface area contributed by atoms with Crippen LogP contribution in [-0.4, -0.2) is 38.6 Å². The third-order valence-electron chi connectivity index (χ3n) is 4.28. The number of furan rings is 1. The second kappa shape index (κ2) is 12.6. The number of thioether (sulfide) groups is 1. The standard InChI is InChI=1S/C22H17F2N3O5S.C2H6/c23-21(24)31-16-6-1-3-13(9-16)11-30-15-5-2-4-14(10-15)17-7-8-18(32-17)20-25-22(27-26-20)33-12-19(28)29;1-2/h1-10,21H,11-12H2,(H,28,29)(H,25,26,27);1-2H3. The maximum Gasteiger partial charge on any atom is 0.387 e. The quantitative estimate of drug-likeness (QED) is 0.249. The van der Waals surface area contributed by atoms with Gasteiger partial charge in [0.15, 0.2) is 11.6 Å². The Balaban J connectivity index is 0.00000167. The Morgan fingerprint density at radius 3 is 2.60 bits per heavy atom. The summed E-state index contributed by atoms with van der Waals surface area (Å²) in [4.78, 5) is 14.9. The molecule has 2 aromatic carbocycles. The second-order valence-electron chi connectivity index (χ2n) is 6.66. The lowest BCUT2D eigenvalue weighted by Gasteiger charge is -2.09. The summed E-state index contributed by atoms with van der Waals surface area (Å²) < 4.78 is 40.8. The highest BCUT2D eigenvalue weighted by Gasteiger charge is 2.13. The largest absolute Gasteiger partial charge is 0.489 e. The van der Waals surface area contributed by atoms with Crippen LogP contribution in [0.5, 0.6) is 11.5 Å². The summed E-state index contributed by atoms with van der Waals surface area (Å²) in [6, 6.07) is 17.0. The number of carboxylic acids is 1. The molecule has 0 saturated carbocycles. The monoisotopic (exact) mass is 503 g/mol. The van der Waals surface area contributed by atoms with Crippen LogP contribution in [0.2, 0.25) is 0 Å². The van der Waals surface area contributed by atoms with E-state index in [1.54, 1.807) is 42.5 Å². The van der Waals surface area contributed by atoms with Gasteiger partial charge in [-0.1, -0.05) is 49.9 Å². The number of halogens is 2. The number of H-pyrrole nitrogens is 1. The molecule has 0 unspecified atom stereocenters. The van der Waals surface area contributed by atoms with Gasteiger partial charge < -0.3 is 19.0 Å². The molecule has 4 aromatic rings. The van der Waals surface area contributed by atoms with Gasteiger partial charge in [0.25, 0.3) is 0 Å². The Bertz CT molecular complexity index is 1250. The Hall–Kier alpha value is -3.86. The van der Waals surface area contributed by atoms with Crippen molar-refractivity contribution in [2.45, 2.75) is 32.2 Å². The first kappa shape index (κ1) is 25.8. The zero-order chi connectivity index (χ0) is 25.2. The molecule has 0 amide bonds. The van der Waals surface area contributed by atoms with Crippen molar-refractivity contribution in [3.05, 3.63) is 66.2 Å². The zero-order valence-corrected chi connectivity index (χ0v) is 19.7. The van der Waals surface area contributed by atoms with Gasteiger partial charge in [-0.15, -0.1) is 5.10 Å². The molecule has 0 atom stereocenters. The van der Waals surface area contributed by atoms with Gasteiger partial charge in [-0.3, -0.25) is 9.89 Å². The molecule has 0 spiro atoms. The molecule has 11 heteroatoms. The maximum absolute atomic E-state index is 12.4. The molecular weight excluding hydrogens is 480 g/mol. The van der Waals surface area contributed by atoms with Crippen molar-refractivity contribution < 1.29 is 32.6 Å². The molecule has 8 nitrogen and oxygen atoms in total. The number of carbonyl (C=O) groups is 1. The minimum atomic E-state index is -2.89. The van der Waals surface area contributed by atoms with Crippen molar-refractivity contribution in [3.63, 3.8) is 0 Å². The molecule has 2 aromatic heterocycles. The van der Waals surface area contributed by atoms with E-state index in [0.717, 1.165) is 17.3 Å². The summed E-state index contributed by atoms with van der Waals surface area (Å²) in [6.07, 6.45) is 0. The first-order chi connectivity index (χ1) is 17.0. The number of aliphatic carboxylic acids is 1. The third-order valence-corrected chi connectivity index (χ3v) is 5.11. The summed E-state index contributed by atoms with van der Waals surface area (Å²) in [7, 11) is 0. The minimum Gasteiger partial charge on any atom is -0.489 e. The average molecular weight is 504 g/mol. The van der Waals surface area contributed by atoms with Gasteiger partial charge in [0.2, 0.25) is 5.16 Å². The topological polar surface area (TPSA) is 110 Å². The van der Waals surface area contributed by atoms with Crippen LogP contribution in [0, 0.1) is 0 Å². The van der Waals surface area contributed by atoms with Gasteiger partial charge in [0.05, 0.1) is 5.75 Å². The molecule has 0 bridgehead atoms. The van der Waals surface area contributed by atoms with Gasteiger partial charge in [0, 0.05) is 5.56 Å². The van der Waals surface area contributed by atoms with Crippen LogP contribution in [0.4, 0.5) is 8.78 Å². The van der Waals surface area contributed by atoms with E-state index in [0.29, 0.717) is 33.8 Å². The lowest BCUT2D eigenvalue weighted by molar-refractivity contribution is -0.133. The summed E-state index contributed by atoms with van der Waals surface area (Å²) in [5.74, 6) is 0.936. The number of aromatic nitrogens is 3. The van der Waals surface area contributed by atoms with Crippen LogP contribution in [0.15, 0.2) is 70.2 Å². The number of rotatable bonds is 10. The number of ether oxygens (including phenoxy) is 2. The molecule has 184 valence electrons. The van der Waals surface area contributed by atoms with Crippen molar-refractivity contribution in [2.75, 3.05) is 5.75 Å². The predicted octanol–water partition coefficient (Wildman–Crippen LogP) is 6.12. The van der Waals surface area contributed by atoms with Crippen LogP contribution in [0.25, 0.3) is 22.9 Å². The van der Waals surface area contributed by atoms with Gasteiger partial charge in [0.1, 0.15) is 23.9 Å². The Kier molecular flexibility index (Phi) is 9.24. The fourth-order valence-corrected chi connectivity index (χ4v) is 3.40.